The van der Waals surface area contributed by atoms with Crippen molar-refractivity contribution in [1.29, 1.82) is 0 Å². The number of nitrogens with zero attached hydrogens (tertiary/aromatic N) is 1. The summed E-state index contributed by atoms with van der Waals surface area (Å²) in [4.78, 5) is 0. The minimum atomic E-state index is 0.962. The van der Waals surface area contributed by atoms with Crippen LogP contribution in [0.4, 0.5) is 0 Å². The summed E-state index contributed by atoms with van der Waals surface area (Å²) >= 11 is 0. The van der Waals surface area contributed by atoms with Gasteiger partial charge >= 0.3 is 0 Å². The maximum atomic E-state index is 5.65. The van der Waals surface area contributed by atoms with Gasteiger partial charge in [0.2, 0.25) is 0 Å². The topological polar surface area (TPSA) is 18.1 Å². The zero-order valence-corrected chi connectivity index (χ0v) is 7.32. The number of para-hydroxylation sites is 1. The Labute approximate surface area is 75.4 Å². The normalized spacial score (nSPS) is 11.5. The molecule has 2 heterocycles. The maximum absolute atomic E-state index is 5.65. The molecule has 0 aliphatic carbocycles. The van der Waals surface area contributed by atoms with E-state index in [-0.39, 0.29) is 0 Å². The first-order valence-corrected chi connectivity index (χ1v) is 4.29. The molecule has 0 unspecified atom stereocenters. The van der Waals surface area contributed by atoms with Crippen LogP contribution in [-0.4, -0.2) is 4.57 Å². The predicted molar refractivity (Wildman–Crippen MR) is 52.7 cm³/mol. The van der Waals surface area contributed by atoms with Crippen molar-refractivity contribution in [1.82, 2.24) is 4.57 Å². The van der Waals surface area contributed by atoms with Crippen LogP contribution < -0.4 is 0 Å². The van der Waals surface area contributed by atoms with Crippen LogP contribution in [0.5, 0.6) is 0 Å². The minimum Gasteiger partial charge on any atom is -0.454 e. The fourth-order valence-corrected chi connectivity index (χ4v) is 1.78. The monoisotopic (exact) mass is 171 g/mol. The molecular weight excluding hydrogens is 162 g/mol. The van der Waals surface area contributed by atoms with Gasteiger partial charge in [-0.3, -0.25) is 0 Å². The summed E-state index contributed by atoms with van der Waals surface area (Å²) < 4.78 is 7.74. The number of rotatable bonds is 0. The van der Waals surface area contributed by atoms with Gasteiger partial charge in [-0.2, -0.15) is 0 Å². The lowest BCUT2D eigenvalue weighted by atomic mass is 10.2. The molecule has 0 saturated heterocycles. The van der Waals surface area contributed by atoms with E-state index in [1.807, 2.05) is 37.5 Å². The van der Waals surface area contributed by atoms with E-state index in [1.54, 1.807) is 0 Å². The Hall–Kier alpha value is -1.70. The van der Waals surface area contributed by atoms with Crippen molar-refractivity contribution in [3.05, 3.63) is 36.5 Å². The molecule has 2 aromatic heterocycles. The summed E-state index contributed by atoms with van der Waals surface area (Å²) in [5.74, 6) is 0. The highest BCUT2D eigenvalue weighted by atomic mass is 16.3. The predicted octanol–water partition coefficient (Wildman–Crippen LogP) is 2.92. The zero-order chi connectivity index (χ0) is 8.84. The summed E-state index contributed by atoms with van der Waals surface area (Å²) in [7, 11) is 2.03. The first-order valence-electron chi connectivity index (χ1n) is 4.29. The smallest absolute Gasteiger partial charge is 0.153 e. The number of fused-ring (bicyclic) bond motifs is 3. The number of benzene rings is 1. The third-order valence-corrected chi connectivity index (χ3v) is 2.40. The molecule has 0 bridgehead atoms. The second-order valence-corrected chi connectivity index (χ2v) is 3.24. The SMILES string of the molecule is Cn1ccc2oc3ccccc3c21. The fraction of sp³-hybridized carbons (Fsp3) is 0.0909. The molecule has 2 nitrogen and oxygen atoms in total. The van der Waals surface area contributed by atoms with Gasteiger partial charge in [-0.05, 0) is 18.2 Å². The molecule has 64 valence electrons. The maximum Gasteiger partial charge on any atom is 0.153 e. The van der Waals surface area contributed by atoms with Gasteiger partial charge in [0.15, 0.2) is 5.58 Å². The average molecular weight is 171 g/mol. The van der Waals surface area contributed by atoms with Crippen LogP contribution in [-0.2, 0) is 7.05 Å². The lowest BCUT2D eigenvalue weighted by molar-refractivity contribution is 0.669. The number of aromatic nitrogens is 1. The number of aryl methyl sites for hydroxylation is 1. The second kappa shape index (κ2) is 2.16. The van der Waals surface area contributed by atoms with Crippen LogP contribution in [0.1, 0.15) is 0 Å². The third-order valence-electron chi connectivity index (χ3n) is 2.40. The molecule has 13 heavy (non-hydrogen) atoms. The van der Waals surface area contributed by atoms with Gasteiger partial charge in [0.1, 0.15) is 5.58 Å². The van der Waals surface area contributed by atoms with Crippen molar-refractivity contribution in [2.24, 2.45) is 7.05 Å². The van der Waals surface area contributed by atoms with E-state index in [0.29, 0.717) is 0 Å². The van der Waals surface area contributed by atoms with Gasteiger partial charge in [0.25, 0.3) is 0 Å². The highest BCUT2D eigenvalue weighted by molar-refractivity contribution is 6.02. The molecule has 0 fully saturated rings. The molecule has 3 rings (SSSR count). The van der Waals surface area contributed by atoms with Gasteiger partial charge in [0.05, 0.1) is 5.52 Å². The minimum absolute atomic E-state index is 0.962. The number of furan rings is 1. The van der Waals surface area contributed by atoms with Crippen LogP contribution in [0.25, 0.3) is 22.1 Å². The molecule has 3 aromatic rings. The largest absolute Gasteiger partial charge is 0.454 e. The van der Waals surface area contributed by atoms with Crippen LogP contribution in [0, 0.1) is 0 Å². The van der Waals surface area contributed by atoms with Crippen molar-refractivity contribution in [3.8, 4) is 0 Å². The molecule has 0 aliphatic rings. The zero-order valence-electron chi connectivity index (χ0n) is 7.32. The Morgan fingerprint density at radius 1 is 1.08 bits per heavy atom. The molecular formula is C11H9NO. The number of hydrogen-bond donors (Lipinski definition) is 0. The average Bonchev–Trinajstić information content (AvgIpc) is 2.66. The highest BCUT2D eigenvalue weighted by Crippen LogP contribution is 2.28. The Morgan fingerprint density at radius 2 is 1.92 bits per heavy atom. The van der Waals surface area contributed by atoms with Crippen molar-refractivity contribution >= 4 is 22.1 Å². The Balaban J connectivity index is 2.66. The summed E-state index contributed by atoms with van der Waals surface area (Å²) in [6.07, 6.45) is 2.01. The van der Waals surface area contributed by atoms with Crippen molar-refractivity contribution in [2.45, 2.75) is 0 Å². The second-order valence-electron chi connectivity index (χ2n) is 3.24. The summed E-state index contributed by atoms with van der Waals surface area (Å²) in [5.41, 5.74) is 3.10. The molecule has 0 atom stereocenters. The van der Waals surface area contributed by atoms with E-state index in [1.165, 1.54) is 10.9 Å². The van der Waals surface area contributed by atoms with E-state index in [0.717, 1.165) is 11.2 Å². The quantitative estimate of drug-likeness (QED) is 0.508. The Morgan fingerprint density at radius 3 is 2.85 bits per heavy atom. The van der Waals surface area contributed by atoms with E-state index < -0.39 is 0 Å². The van der Waals surface area contributed by atoms with E-state index >= 15 is 0 Å². The van der Waals surface area contributed by atoms with Gasteiger partial charge in [-0.25, -0.2) is 0 Å². The van der Waals surface area contributed by atoms with Crippen LogP contribution in [0.3, 0.4) is 0 Å². The third kappa shape index (κ3) is 0.773. The molecule has 0 spiro atoms. The first kappa shape index (κ1) is 6.78. The molecule has 0 saturated carbocycles. The summed E-state index contributed by atoms with van der Waals surface area (Å²) in [5, 5.41) is 1.19. The molecule has 2 heteroatoms. The van der Waals surface area contributed by atoms with Gasteiger partial charge < -0.3 is 8.98 Å². The number of hydrogen-bond acceptors (Lipinski definition) is 1. The standard InChI is InChI=1S/C11H9NO/c1-12-7-6-10-11(12)8-4-2-3-5-9(8)13-10/h2-7H,1H3. The molecule has 0 N–H and O–H groups in total. The van der Waals surface area contributed by atoms with Crippen molar-refractivity contribution in [3.63, 3.8) is 0 Å². The molecule has 1 aromatic carbocycles. The molecule has 0 radical (unpaired) electrons. The fourth-order valence-electron chi connectivity index (χ4n) is 1.78. The van der Waals surface area contributed by atoms with Gasteiger partial charge in [-0.15, -0.1) is 0 Å². The van der Waals surface area contributed by atoms with E-state index in [4.69, 9.17) is 4.42 Å². The summed E-state index contributed by atoms with van der Waals surface area (Å²) in [6, 6.07) is 10.1. The van der Waals surface area contributed by atoms with E-state index in [9.17, 15) is 0 Å². The lowest BCUT2D eigenvalue weighted by Crippen LogP contribution is -1.81. The van der Waals surface area contributed by atoms with Gasteiger partial charge in [-0.1, -0.05) is 12.1 Å². The van der Waals surface area contributed by atoms with Crippen LogP contribution in [0.15, 0.2) is 40.9 Å². The Kier molecular flexibility index (Phi) is 1.13. The highest BCUT2D eigenvalue weighted by Gasteiger charge is 2.07. The lowest BCUT2D eigenvalue weighted by Gasteiger charge is -1.91. The molecule has 0 aliphatic heterocycles. The van der Waals surface area contributed by atoms with E-state index in [2.05, 4.69) is 10.6 Å². The van der Waals surface area contributed by atoms with Crippen LogP contribution >= 0.6 is 0 Å². The van der Waals surface area contributed by atoms with Crippen LogP contribution in [0.2, 0.25) is 0 Å². The van der Waals surface area contributed by atoms with Crippen molar-refractivity contribution in [2.75, 3.05) is 0 Å². The molecule has 0 amide bonds. The first-order chi connectivity index (χ1) is 6.36. The Bertz CT molecular complexity index is 574. The summed E-state index contributed by atoms with van der Waals surface area (Å²) in [6.45, 7) is 0. The van der Waals surface area contributed by atoms with Gasteiger partial charge in [0, 0.05) is 18.6 Å². The van der Waals surface area contributed by atoms with Crippen molar-refractivity contribution < 1.29 is 4.42 Å².